The van der Waals surface area contributed by atoms with E-state index in [-0.39, 0.29) is 18.2 Å². The minimum atomic E-state index is -0.331. The first-order valence-electron chi connectivity index (χ1n) is 7.50. The molecule has 1 amide bonds. The number of nitrogens with one attached hydrogen (secondary N) is 1. The second-order valence-corrected chi connectivity index (χ2v) is 5.41. The summed E-state index contributed by atoms with van der Waals surface area (Å²) < 4.78 is 7.27. The zero-order valence-electron chi connectivity index (χ0n) is 14.2. The van der Waals surface area contributed by atoms with Gasteiger partial charge in [0.1, 0.15) is 13.7 Å². The van der Waals surface area contributed by atoms with Crippen LogP contribution in [0.25, 0.3) is 5.69 Å². The van der Waals surface area contributed by atoms with Crippen molar-refractivity contribution >= 4 is 23.2 Å². The van der Waals surface area contributed by atoms with Crippen LogP contribution >= 0.6 is 11.6 Å². The van der Waals surface area contributed by atoms with Gasteiger partial charge in [0.25, 0.3) is 5.91 Å². The molecule has 132 valence electrons. The van der Waals surface area contributed by atoms with Crippen LogP contribution in [0.3, 0.4) is 0 Å². The lowest BCUT2D eigenvalue weighted by molar-refractivity contribution is -0.114. The van der Waals surface area contributed by atoms with Crippen molar-refractivity contribution < 1.29 is 14.4 Å². The van der Waals surface area contributed by atoms with Gasteiger partial charge in [-0.2, -0.15) is 0 Å². The lowest BCUT2D eigenvalue weighted by Crippen LogP contribution is -2.28. The molecule has 0 saturated carbocycles. The summed E-state index contributed by atoms with van der Waals surface area (Å²) in [5.74, 6) is 0.131. The highest BCUT2D eigenvalue weighted by atomic mass is 35.5. The quantitative estimate of drug-likeness (QED) is 0.606. The summed E-state index contributed by atoms with van der Waals surface area (Å²) in [7, 11) is 2.91. The molecule has 0 atom stereocenters. The number of rotatable bonds is 7. The van der Waals surface area contributed by atoms with Crippen LogP contribution in [0.4, 0.5) is 0 Å². The number of amides is 1. The number of carbonyl (C=O) groups is 1. The standard InChI is InChI=1S/C17H19ClN4O3/c1-12(16(21-24-3)17(23)19-2)9-11-25-15-8-10-22(20-15)14-6-4-13(18)5-7-14/h4-10H,11H2,1-3H3,(H,19,23)/b12-9-,21-16?. The predicted molar refractivity (Wildman–Crippen MR) is 96.3 cm³/mol. The van der Waals surface area contributed by atoms with E-state index in [0.29, 0.717) is 16.5 Å². The van der Waals surface area contributed by atoms with Gasteiger partial charge in [-0.1, -0.05) is 16.8 Å². The second-order valence-electron chi connectivity index (χ2n) is 4.97. The van der Waals surface area contributed by atoms with Gasteiger partial charge in [0, 0.05) is 24.3 Å². The van der Waals surface area contributed by atoms with Crippen molar-refractivity contribution in [1.82, 2.24) is 15.1 Å². The first-order chi connectivity index (χ1) is 12.0. The van der Waals surface area contributed by atoms with E-state index in [0.717, 1.165) is 5.69 Å². The summed E-state index contributed by atoms with van der Waals surface area (Å²) in [6.45, 7) is 1.99. The fourth-order valence-electron chi connectivity index (χ4n) is 1.97. The van der Waals surface area contributed by atoms with Crippen molar-refractivity contribution in [3.05, 3.63) is 53.2 Å². The van der Waals surface area contributed by atoms with Crippen LogP contribution in [0, 0.1) is 0 Å². The Bertz CT molecular complexity index is 781. The van der Waals surface area contributed by atoms with E-state index >= 15 is 0 Å². The van der Waals surface area contributed by atoms with Crippen molar-refractivity contribution in [2.45, 2.75) is 6.92 Å². The fourth-order valence-corrected chi connectivity index (χ4v) is 2.10. The minimum absolute atomic E-state index is 0.195. The normalized spacial score (nSPS) is 12.0. The Hall–Kier alpha value is -2.80. The molecule has 1 aromatic heterocycles. The molecule has 0 radical (unpaired) electrons. The Morgan fingerprint density at radius 3 is 2.72 bits per heavy atom. The number of nitrogens with zero attached hydrogens (tertiary/aromatic N) is 3. The summed E-state index contributed by atoms with van der Waals surface area (Å²) in [5.41, 5.74) is 1.71. The molecule has 2 rings (SSSR count). The van der Waals surface area contributed by atoms with E-state index in [1.54, 1.807) is 42.1 Å². The molecule has 0 bridgehead atoms. The maximum atomic E-state index is 11.7. The Morgan fingerprint density at radius 2 is 2.08 bits per heavy atom. The predicted octanol–water partition coefficient (Wildman–Crippen LogP) is 2.60. The zero-order chi connectivity index (χ0) is 18.2. The van der Waals surface area contributed by atoms with Crippen molar-refractivity contribution in [1.29, 1.82) is 0 Å². The number of carbonyl (C=O) groups excluding carboxylic acids is 1. The van der Waals surface area contributed by atoms with E-state index in [9.17, 15) is 4.79 Å². The van der Waals surface area contributed by atoms with Gasteiger partial charge in [-0.05, 0) is 42.8 Å². The van der Waals surface area contributed by atoms with E-state index in [1.165, 1.54) is 14.2 Å². The number of hydrogen-bond donors (Lipinski definition) is 1. The highest BCUT2D eigenvalue weighted by Gasteiger charge is 2.12. The van der Waals surface area contributed by atoms with Crippen molar-refractivity contribution in [2.75, 3.05) is 20.8 Å². The van der Waals surface area contributed by atoms with E-state index < -0.39 is 0 Å². The van der Waals surface area contributed by atoms with Crippen LogP contribution < -0.4 is 10.1 Å². The van der Waals surface area contributed by atoms with Crippen LogP contribution in [-0.4, -0.2) is 42.2 Å². The summed E-state index contributed by atoms with van der Waals surface area (Å²) in [6.07, 6.45) is 3.52. The molecule has 0 aliphatic carbocycles. The molecule has 1 heterocycles. The summed E-state index contributed by atoms with van der Waals surface area (Å²) >= 11 is 5.88. The third-order valence-corrected chi connectivity index (χ3v) is 3.53. The molecular weight excluding hydrogens is 344 g/mol. The molecule has 0 aliphatic heterocycles. The molecule has 1 N–H and O–H groups in total. The SMILES string of the molecule is CNC(=O)C(=NOC)/C(C)=C\COc1ccn(-c2ccc(Cl)cc2)n1. The molecule has 8 heteroatoms. The third-order valence-electron chi connectivity index (χ3n) is 3.27. The highest BCUT2D eigenvalue weighted by Crippen LogP contribution is 2.15. The maximum Gasteiger partial charge on any atom is 0.273 e. The maximum absolute atomic E-state index is 11.7. The molecule has 0 saturated heterocycles. The number of aromatic nitrogens is 2. The van der Waals surface area contributed by atoms with Crippen LogP contribution in [0.15, 0.2) is 53.3 Å². The highest BCUT2D eigenvalue weighted by molar-refractivity contribution is 6.44. The lowest BCUT2D eigenvalue weighted by Gasteiger charge is -2.05. The van der Waals surface area contributed by atoms with E-state index in [1.807, 2.05) is 12.1 Å². The second kappa shape index (κ2) is 8.89. The van der Waals surface area contributed by atoms with E-state index in [4.69, 9.17) is 21.2 Å². The molecule has 2 aromatic rings. The van der Waals surface area contributed by atoms with Crippen LogP contribution in [0.1, 0.15) is 6.92 Å². The van der Waals surface area contributed by atoms with Crippen molar-refractivity contribution in [3.63, 3.8) is 0 Å². The molecule has 0 aliphatic rings. The molecule has 1 aromatic carbocycles. The van der Waals surface area contributed by atoms with Crippen LogP contribution in [0.5, 0.6) is 5.88 Å². The lowest BCUT2D eigenvalue weighted by atomic mass is 10.1. The number of ether oxygens (including phenoxy) is 1. The molecule has 7 nitrogen and oxygen atoms in total. The zero-order valence-corrected chi connectivity index (χ0v) is 14.9. The Kier molecular flexibility index (Phi) is 6.59. The Balaban J connectivity index is 2.00. The van der Waals surface area contributed by atoms with Gasteiger partial charge < -0.3 is 14.9 Å². The average Bonchev–Trinajstić information content (AvgIpc) is 3.08. The van der Waals surface area contributed by atoms with Gasteiger partial charge in [-0.15, -0.1) is 5.10 Å². The van der Waals surface area contributed by atoms with Crippen molar-refractivity contribution in [3.8, 4) is 11.6 Å². The van der Waals surface area contributed by atoms with Crippen molar-refractivity contribution in [2.24, 2.45) is 5.16 Å². The van der Waals surface area contributed by atoms with Gasteiger partial charge in [0.15, 0.2) is 5.71 Å². The first-order valence-corrected chi connectivity index (χ1v) is 7.87. The topological polar surface area (TPSA) is 77.7 Å². The molecule has 0 spiro atoms. The molecule has 0 fully saturated rings. The summed E-state index contributed by atoms with van der Waals surface area (Å²) in [5, 5.41) is 11.2. The van der Waals surface area contributed by atoms with Gasteiger partial charge in [0.2, 0.25) is 5.88 Å². The summed E-state index contributed by atoms with van der Waals surface area (Å²) in [4.78, 5) is 16.4. The number of benzene rings is 1. The Morgan fingerprint density at radius 1 is 1.36 bits per heavy atom. The van der Waals surface area contributed by atoms with Gasteiger partial charge in [-0.3, -0.25) is 4.79 Å². The number of halogens is 1. The smallest absolute Gasteiger partial charge is 0.273 e. The Labute approximate surface area is 150 Å². The van der Waals surface area contributed by atoms with Gasteiger partial charge in [-0.25, -0.2) is 4.68 Å². The van der Waals surface area contributed by atoms with Crippen LogP contribution in [0.2, 0.25) is 5.02 Å². The van der Waals surface area contributed by atoms with Gasteiger partial charge >= 0.3 is 0 Å². The van der Waals surface area contributed by atoms with Crippen LogP contribution in [-0.2, 0) is 9.63 Å². The van der Waals surface area contributed by atoms with E-state index in [2.05, 4.69) is 15.6 Å². The van der Waals surface area contributed by atoms with Gasteiger partial charge in [0.05, 0.1) is 5.69 Å². The molecular formula is C17H19ClN4O3. The first kappa shape index (κ1) is 18.5. The summed E-state index contributed by atoms with van der Waals surface area (Å²) in [6, 6.07) is 9.06. The third kappa shape index (κ3) is 5.09. The average molecular weight is 363 g/mol. The fraction of sp³-hybridized carbons (Fsp3) is 0.235. The number of hydrogen-bond acceptors (Lipinski definition) is 5. The minimum Gasteiger partial charge on any atom is -0.472 e. The molecule has 25 heavy (non-hydrogen) atoms. The largest absolute Gasteiger partial charge is 0.472 e. The molecule has 0 unspecified atom stereocenters. The monoisotopic (exact) mass is 362 g/mol. The number of oxime groups is 1.